The molecule has 3 heterocycles. The van der Waals surface area contributed by atoms with Crippen LogP contribution in [0.25, 0.3) is 0 Å². The van der Waals surface area contributed by atoms with Gasteiger partial charge in [0.05, 0.1) is 5.69 Å². The summed E-state index contributed by atoms with van der Waals surface area (Å²) >= 11 is 0. The van der Waals surface area contributed by atoms with Crippen molar-refractivity contribution >= 4 is 23.4 Å². The van der Waals surface area contributed by atoms with Crippen LogP contribution >= 0.6 is 0 Å². The fourth-order valence-electron chi connectivity index (χ4n) is 3.49. The Morgan fingerprint density at radius 3 is 2.39 bits per heavy atom. The smallest absolute Gasteiger partial charge is 0.367 e. The summed E-state index contributed by atoms with van der Waals surface area (Å²) in [5.74, 6) is -0.236. The van der Waals surface area contributed by atoms with Gasteiger partial charge in [0.2, 0.25) is 0 Å². The minimum atomic E-state index is -4.67. The lowest BCUT2D eigenvalue weighted by Crippen LogP contribution is -2.46. The molecule has 0 atom stereocenters. The molecular weight excluding hydrogens is 439 g/mol. The third-order valence-corrected chi connectivity index (χ3v) is 5.12. The second-order valence-corrected chi connectivity index (χ2v) is 7.44. The molecule has 0 spiro atoms. The van der Waals surface area contributed by atoms with E-state index < -0.39 is 17.8 Å². The molecule has 0 unspecified atom stereocenters. The monoisotopic (exact) mass is 465 g/mol. The number of carbonyl (C=O) groups is 2. The topological polar surface area (TPSA) is 102 Å². The number of piperazine rings is 1. The summed E-state index contributed by atoms with van der Waals surface area (Å²) in [6, 6.07) is 5.84. The molecule has 3 N–H and O–H groups in total. The fourth-order valence-corrected chi connectivity index (χ4v) is 3.49. The highest BCUT2D eigenvalue weighted by Crippen LogP contribution is 2.35. The second kappa shape index (κ2) is 10.5. The Hall–Kier alpha value is -3.41. The summed E-state index contributed by atoms with van der Waals surface area (Å²) in [5, 5.41) is 7.53. The average Bonchev–Trinajstić information content (AvgIpc) is 2.79. The molecule has 0 radical (unpaired) electrons. The minimum Gasteiger partial charge on any atom is -0.367 e. The highest BCUT2D eigenvalue weighted by Gasteiger charge is 2.38. The molecular formula is C21H26F3N7O2. The molecule has 0 saturated carbocycles. The van der Waals surface area contributed by atoms with Crippen molar-refractivity contribution in [1.29, 1.82) is 0 Å². The number of halogens is 3. The Kier molecular flexibility index (Phi) is 7.69. The Morgan fingerprint density at radius 2 is 1.82 bits per heavy atom. The van der Waals surface area contributed by atoms with Crippen LogP contribution in [0.5, 0.6) is 0 Å². The molecule has 33 heavy (non-hydrogen) atoms. The molecule has 0 aromatic carbocycles. The SMILES string of the molecule is CCNC(=O)Nc1ccc(CN2CCN(c3ccc(C(=O)NC)nc3C(F)(F)F)CC2)cn1. The molecule has 1 fully saturated rings. The molecule has 0 aliphatic carbocycles. The Bertz CT molecular complexity index is 975. The average molecular weight is 465 g/mol. The highest BCUT2D eigenvalue weighted by atomic mass is 19.4. The van der Waals surface area contributed by atoms with Crippen molar-refractivity contribution in [3.8, 4) is 0 Å². The first-order chi connectivity index (χ1) is 15.7. The number of anilines is 2. The molecule has 2 aromatic rings. The second-order valence-electron chi connectivity index (χ2n) is 7.44. The number of urea groups is 1. The number of amides is 3. The van der Waals surface area contributed by atoms with E-state index >= 15 is 0 Å². The maximum absolute atomic E-state index is 13.6. The van der Waals surface area contributed by atoms with Crippen molar-refractivity contribution in [2.75, 3.05) is 50.0 Å². The van der Waals surface area contributed by atoms with Crippen LogP contribution in [0.2, 0.25) is 0 Å². The number of alkyl halides is 3. The Balaban J connectivity index is 1.62. The van der Waals surface area contributed by atoms with Gasteiger partial charge in [-0.3, -0.25) is 15.0 Å². The lowest BCUT2D eigenvalue weighted by molar-refractivity contribution is -0.140. The van der Waals surface area contributed by atoms with E-state index in [-0.39, 0.29) is 17.4 Å². The fraction of sp³-hybridized carbons (Fsp3) is 0.429. The molecule has 3 rings (SSSR count). The van der Waals surface area contributed by atoms with Crippen LogP contribution in [0.15, 0.2) is 30.5 Å². The van der Waals surface area contributed by atoms with E-state index in [1.54, 1.807) is 17.2 Å². The normalized spacial score (nSPS) is 14.6. The van der Waals surface area contributed by atoms with Crippen LogP contribution in [-0.4, -0.2) is 66.6 Å². The van der Waals surface area contributed by atoms with Gasteiger partial charge in [0.25, 0.3) is 5.91 Å². The number of nitrogens with one attached hydrogen (secondary N) is 3. The maximum Gasteiger partial charge on any atom is 0.435 e. The van der Waals surface area contributed by atoms with E-state index in [9.17, 15) is 22.8 Å². The Labute approximate surface area is 189 Å². The van der Waals surface area contributed by atoms with Gasteiger partial charge in [0.15, 0.2) is 5.69 Å². The number of hydrogen-bond donors (Lipinski definition) is 3. The third-order valence-electron chi connectivity index (χ3n) is 5.12. The van der Waals surface area contributed by atoms with Gasteiger partial charge in [0.1, 0.15) is 11.5 Å². The lowest BCUT2D eigenvalue weighted by atomic mass is 10.1. The Morgan fingerprint density at radius 1 is 1.09 bits per heavy atom. The van der Waals surface area contributed by atoms with Crippen molar-refractivity contribution in [2.45, 2.75) is 19.6 Å². The molecule has 12 heteroatoms. The summed E-state index contributed by atoms with van der Waals surface area (Å²) in [6.07, 6.45) is -3.01. The van der Waals surface area contributed by atoms with E-state index in [1.807, 2.05) is 13.0 Å². The lowest BCUT2D eigenvalue weighted by Gasteiger charge is -2.36. The number of nitrogens with zero attached hydrogens (tertiary/aromatic N) is 4. The van der Waals surface area contributed by atoms with Crippen LogP contribution in [0, 0.1) is 0 Å². The van der Waals surface area contributed by atoms with Gasteiger partial charge in [-0.2, -0.15) is 13.2 Å². The van der Waals surface area contributed by atoms with E-state index in [4.69, 9.17) is 0 Å². The first-order valence-electron chi connectivity index (χ1n) is 10.5. The van der Waals surface area contributed by atoms with Gasteiger partial charge in [-0.25, -0.2) is 14.8 Å². The molecule has 2 aromatic heterocycles. The van der Waals surface area contributed by atoms with Gasteiger partial charge in [-0.15, -0.1) is 0 Å². The number of pyridine rings is 2. The number of rotatable bonds is 6. The van der Waals surface area contributed by atoms with E-state index in [0.717, 1.165) is 5.56 Å². The minimum absolute atomic E-state index is 0.0303. The van der Waals surface area contributed by atoms with Crippen LogP contribution in [0.1, 0.15) is 28.7 Å². The first-order valence-corrected chi connectivity index (χ1v) is 10.5. The predicted molar refractivity (Wildman–Crippen MR) is 117 cm³/mol. The standard InChI is InChI=1S/C21H26F3N7O2/c1-3-26-20(33)29-17-7-4-14(12-27-17)13-30-8-10-31(11-9-30)16-6-5-15(19(32)25-2)28-18(16)21(22,23)24/h4-7,12H,3,8-11,13H2,1-2H3,(H,25,32)(H2,26,27,29,33). The van der Waals surface area contributed by atoms with Gasteiger partial charge in [-0.1, -0.05) is 6.07 Å². The molecule has 1 aliphatic rings. The van der Waals surface area contributed by atoms with Crippen LogP contribution in [-0.2, 0) is 12.7 Å². The van der Waals surface area contributed by atoms with Crippen LogP contribution in [0.3, 0.4) is 0 Å². The van der Waals surface area contributed by atoms with Gasteiger partial charge >= 0.3 is 12.2 Å². The zero-order valence-electron chi connectivity index (χ0n) is 18.4. The summed E-state index contributed by atoms with van der Waals surface area (Å²) < 4.78 is 40.8. The van der Waals surface area contributed by atoms with Crippen molar-refractivity contribution in [1.82, 2.24) is 25.5 Å². The van der Waals surface area contributed by atoms with Crippen LogP contribution in [0.4, 0.5) is 29.5 Å². The van der Waals surface area contributed by atoms with Crippen molar-refractivity contribution in [3.05, 3.63) is 47.4 Å². The van der Waals surface area contributed by atoms with Crippen molar-refractivity contribution < 1.29 is 22.8 Å². The van der Waals surface area contributed by atoms with Crippen molar-refractivity contribution in [3.63, 3.8) is 0 Å². The molecule has 3 amide bonds. The molecule has 0 bridgehead atoms. The summed E-state index contributed by atoms with van der Waals surface area (Å²) in [7, 11) is 1.34. The molecule has 1 saturated heterocycles. The first kappa shape index (κ1) is 24.2. The quantitative estimate of drug-likeness (QED) is 0.605. The van der Waals surface area contributed by atoms with Crippen molar-refractivity contribution in [2.24, 2.45) is 0 Å². The zero-order chi connectivity index (χ0) is 24.0. The number of carbonyl (C=O) groups excluding carboxylic acids is 2. The zero-order valence-corrected chi connectivity index (χ0v) is 18.4. The van der Waals surface area contributed by atoms with E-state index in [2.05, 4.69) is 30.8 Å². The highest BCUT2D eigenvalue weighted by molar-refractivity contribution is 5.92. The summed E-state index contributed by atoms with van der Waals surface area (Å²) in [6.45, 7) is 4.77. The van der Waals surface area contributed by atoms with E-state index in [0.29, 0.717) is 45.1 Å². The molecule has 9 nitrogen and oxygen atoms in total. The van der Waals surface area contributed by atoms with Gasteiger partial charge in [-0.05, 0) is 30.7 Å². The molecule has 1 aliphatic heterocycles. The van der Waals surface area contributed by atoms with E-state index in [1.165, 1.54) is 19.2 Å². The largest absolute Gasteiger partial charge is 0.435 e. The summed E-state index contributed by atoms with van der Waals surface area (Å²) in [4.78, 5) is 34.8. The van der Waals surface area contributed by atoms with Gasteiger partial charge in [0, 0.05) is 52.5 Å². The maximum atomic E-state index is 13.6. The number of hydrogen-bond acceptors (Lipinski definition) is 6. The van der Waals surface area contributed by atoms with Gasteiger partial charge < -0.3 is 15.5 Å². The molecule has 178 valence electrons. The predicted octanol–water partition coefficient (Wildman–Crippen LogP) is 2.32. The number of aromatic nitrogens is 2. The third kappa shape index (κ3) is 6.31. The summed E-state index contributed by atoms with van der Waals surface area (Å²) in [5.41, 5.74) is -0.434. The van der Waals surface area contributed by atoms with Crippen LogP contribution < -0.4 is 20.9 Å².